The van der Waals surface area contributed by atoms with E-state index in [1.54, 1.807) is 12.3 Å². The van der Waals surface area contributed by atoms with E-state index in [0.717, 1.165) is 12.0 Å². The summed E-state index contributed by atoms with van der Waals surface area (Å²) < 4.78 is 12.4. The zero-order chi connectivity index (χ0) is 12.8. The normalized spacial score (nSPS) is 13.8. The molecule has 0 aliphatic carbocycles. The van der Waals surface area contributed by atoms with Crippen LogP contribution in [0, 0.1) is 0 Å². The first kappa shape index (κ1) is 13.8. The van der Waals surface area contributed by atoms with Crippen molar-refractivity contribution in [1.29, 1.82) is 0 Å². The molecule has 2 atom stereocenters. The lowest BCUT2D eigenvalue weighted by Gasteiger charge is -2.14. The molecule has 0 aliphatic heterocycles. The maximum absolute atomic E-state index is 12.4. The van der Waals surface area contributed by atoms with Gasteiger partial charge in [-0.05, 0) is 39.3 Å². The van der Waals surface area contributed by atoms with Crippen molar-refractivity contribution in [2.24, 2.45) is 0 Å². The lowest BCUT2D eigenvalue weighted by atomic mass is 10.1. The van der Waals surface area contributed by atoms with Crippen molar-refractivity contribution >= 4 is 10.8 Å². The van der Waals surface area contributed by atoms with E-state index in [1.165, 1.54) is 5.57 Å². The second-order valence-electron chi connectivity index (χ2n) is 4.32. The average Bonchev–Trinajstić information content (AvgIpc) is 2.29. The molecule has 0 saturated carbocycles. The van der Waals surface area contributed by atoms with Crippen LogP contribution in [0.3, 0.4) is 0 Å². The summed E-state index contributed by atoms with van der Waals surface area (Å²) in [5, 5.41) is 0.572. The molecular weight excluding hydrogens is 230 g/mol. The van der Waals surface area contributed by atoms with Crippen molar-refractivity contribution in [2.45, 2.75) is 37.5 Å². The summed E-state index contributed by atoms with van der Waals surface area (Å²) in [5.74, 6) is 0. The summed E-state index contributed by atoms with van der Waals surface area (Å²) >= 11 is 0. The van der Waals surface area contributed by atoms with Gasteiger partial charge < -0.3 is 0 Å². The van der Waals surface area contributed by atoms with Crippen LogP contribution in [-0.2, 0) is 10.8 Å². The highest BCUT2D eigenvalue weighted by molar-refractivity contribution is 7.85. The van der Waals surface area contributed by atoms with Gasteiger partial charge in [-0.1, -0.05) is 29.9 Å². The molecule has 0 amide bonds. The van der Waals surface area contributed by atoms with E-state index in [4.69, 9.17) is 0 Å². The largest absolute Gasteiger partial charge is 0.252 e. The van der Waals surface area contributed by atoms with Gasteiger partial charge in [-0.15, -0.1) is 0 Å². The molecule has 0 aromatic carbocycles. The SMILES string of the molecule is C=C(C)C(CC=C(C)C)S(=O)c1ccccn1. The van der Waals surface area contributed by atoms with Crippen LogP contribution in [0.4, 0.5) is 0 Å². The van der Waals surface area contributed by atoms with Gasteiger partial charge in [-0.3, -0.25) is 4.21 Å². The lowest BCUT2D eigenvalue weighted by molar-refractivity contribution is 0.672. The number of pyridine rings is 1. The summed E-state index contributed by atoms with van der Waals surface area (Å²) in [6.07, 6.45) is 4.52. The minimum Gasteiger partial charge on any atom is -0.252 e. The molecule has 17 heavy (non-hydrogen) atoms. The fraction of sp³-hybridized carbons (Fsp3) is 0.357. The Balaban J connectivity index is 2.89. The first-order valence-electron chi connectivity index (χ1n) is 5.62. The van der Waals surface area contributed by atoms with Crippen molar-refractivity contribution in [2.75, 3.05) is 0 Å². The summed E-state index contributed by atoms with van der Waals surface area (Å²) in [6, 6.07) is 5.48. The zero-order valence-electron chi connectivity index (χ0n) is 10.6. The van der Waals surface area contributed by atoms with Gasteiger partial charge in [-0.2, -0.15) is 0 Å². The zero-order valence-corrected chi connectivity index (χ0v) is 11.5. The second kappa shape index (κ2) is 6.50. The first-order chi connectivity index (χ1) is 8.02. The highest BCUT2D eigenvalue weighted by Gasteiger charge is 2.18. The highest BCUT2D eigenvalue weighted by atomic mass is 32.2. The van der Waals surface area contributed by atoms with E-state index in [9.17, 15) is 4.21 Å². The van der Waals surface area contributed by atoms with E-state index < -0.39 is 10.8 Å². The number of rotatable bonds is 5. The predicted molar refractivity (Wildman–Crippen MR) is 73.3 cm³/mol. The number of hydrogen-bond acceptors (Lipinski definition) is 2. The quantitative estimate of drug-likeness (QED) is 0.748. The monoisotopic (exact) mass is 249 g/mol. The number of hydrogen-bond donors (Lipinski definition) is 0. The molecule has 0 radical (unpaired) electrons. The Labute approximate surface area is 106 Å². The van der Waals surface area contributed by atoms with Gasteiger partial charge in [0, 0.05) is 6.20 Å². The van der Waals surface area contributed by atoms with Crippen molar-refractivity contribution in [3.63, 3.8) is 0 Å². The van der Waals surface area contributed by atoms with Crippen molar-refractivity contribution < 1.29 is 4.21 Å². The summed E-state index contributed by atoms with van der Waals surface area (Å²) in [6.45, 7) is 9.93. The van der Waals surface area contributed by atoms with Gasteiger partial charge in [0.2, 0.25) is 0 Å². The smallest absolute Gasteiger partial charge is 0.127 e. The van der Waals surface area contributed by atoms with Crippen molar-refractivity contribution in [3.05, 3.63) is 48.2 Å². The van der Waals surface area contributed by atoms with E-state index in [2.05, 4.69) is 17.6 Å². The molecule has 92 valence electrons. The highest BCUT2D eigenvalue weighted by Crippen LogP contribution is 2.18. The fourth-order valence-corrected chi connectivity index (χ4v) is 2.73. The molecule has 3 heteroatoms. The number of allylic oxidation sites excluding steroid dienone is 2. The Morgan fingerprint density at radius 1 is 1.47 bits per heavy atom. The van der Waals surface area contributed by atoms with Crippen LogP contribution in [0.2, 0.25) is 0 Å². The van der Waals surface area contributed by atoms with E-state index >= 15 is 0 Å². The third-order valence-electron chi connectivity index (χ3n) is 2.39. The minimum absolute atomic E-state index is 0.0557. The molecule has 0 aliphatic rings. The third-order valence-corrected chi connectivity index (χ3v) is 4.16. The van der Waals surface area contributed by atoms with Crippen molar-refractivity contribution in [3.8, 4) is 0 Å². The van der Waals surface area contributed by atoms with Gasteiger partial charge in [0.1, 0.15) is 5.03 Å². The number of nitrogens with zero attached hydrogens (tertiary/aromatic N) is 1. The van der Waals surface area contributed by atoms with Crippen LogP contribution in [0.25, 0.3) is 0 Å². The standard InChI is InChI=1S/C14H19NOS/c1-11(2)8-9-13(12(3)4)17(16)14-7-5-6-10-15-14/h5-8,10,13H,3,9H2,1-2,4H3. The summed E-state index contributed by atoms with van der Waals surface area (Å²) in [5.41, 5.74) is 2.17. The van der Waals surface area contributed by atoms with Gasteiger partial charge in [0.05, 0.1) is 16.0 Å². The third kappa shape index (κ3) is 4.27. The molecule has 2 nitrogen and oxygen atoms in total. The fourth-order valence-electron chi connectivity index (χ4n) is 1.43. The van der Waals surface area contributed by atoms with Gasteiger partial charge in [0.15, 0.2) is 0 Å². The molecule has 1 aromatic rings. The summed E-state index contributed by atoms with van der Waals surface area (Å²) in [4.78, 5) is 4.15. The first-order valence-corrected chi connectivity index (χ1v) is 6.84. The molecule has 0 bridgehead atoms. The summed E-state index contributed by atoms with van der Waals surface area (Å²) in [7, 11) is -1.12. The molecule has 0 saturated heterocycles. The molecule has 0 N–H and O–H groups in total. The van der Waals surface area contributed by atoms with Crippen LogP contribution < -0.4 is 0 Å². The van der Waals surface area contributed by atoms with E-state index in [0.29, 0.717) is 5.03 Å². The average molecular weight is 249 g/mol. The Morgan fingerprint density at radius 2 is 2.18 bits per heavy atom. The van der Waals surface area contributed by atoms with Crippen LogP contribution >= 0.6 is 0 Å². The maximum Gasteiger partial charge on any atom is 0.127 e. The van der Waals surface area contributed by atoms with Gasteiger partial charge in [0.25, 0.3) is 0 Å². The molecule has 2 unspecified atom stereocenters. The van der Waals surface area contributed by atoms with E-state index in [1.807, 2.05) is 32.9 Å². The Kier molecular flexibility index (Phi) is 5.29. The van der Waals surface area contributed by atoms with Gasteiger partial charge in [-0.25, -0.2) is 4.98 Å². The van der Waals surface area contributed by atoms with Gasteiger partial charge >= 0.3 is 0 Å². The Bertz CT molecular complexity index is 433. The second-order valence-corrected chi connectivity index (χ2v) is 5.90. The van der Waals surface area contributed by atoms with E-state index in [-0.39, 0.29) is 5.25 Å². The van der Waals surface area contributed by atoms with Crippen LogP contribution in [0.5, 0.6) is 0 Å². The molecule has 0 fully saturated rings. The van der Waals surface area contributed by atoms with Crippen LogP contribution in [-0.4, -0.2) is 14.4 Å². The predicted octanol–water partition coefficient (Wildman–Crippen LogP) is 3.49. The Morgan fingerprint density at radius 3 is 2.65 bits per heavy atom. The lowest BCUT2D eigenvalue weighted by Crippen LogP contribution is -2.16. The molecular formula is C14H19NOS. The van der Waals surface area contributed by atoms with Crippen molar-refractivity contribution in [1.82, 2.24) is 4.98 Å². The minimum atomic E-state index is -1.12. The Hall–Kier alpha value is -1.22. The van der Waals surface area contributed by atoms with Crippen LogP contribution in [0.1, 0.15) is 27.2 Å². The molecule has 0 spiro atoms. The van der Waals surface area contributed by atoms with Crippen LogP contribution in [0.15, 0.2) is 53.2 Å². The molecule has 1 aromatic heterocycles. The number of aromatic nitrogens is 1. The maximum atomic E-state index is 12.4. The topological polar surface area (TPSA) is 30.0 Å². The molecule has 1 rings (SSSR count). The molecule has 1 heterocycles.